The Morgan fingerprint density at radius 3 is 2.71 bits per heavy atom. The number of ether oxygens (including phenoxy) is 1. The number of rotatable bonds is 5. The molecule has 0 aromatic heterocycles. The van der Waals surface area contributed by atoms with E-state index in [0.29, 0.717) is 17.9 Å². The Morgan fingerprint density at radius 1 is 1.29 bits per heavy atom. The minimum atomic E-state index is -0.531. The Balaban J connectivity index is 2.43. The standard InChI is InChI=1S/C15H13N3O3/c1-17-10-12-4-2-3-5-14(12)21-15-8-11(9-16)6-7-13(15)18(19)20/h2-8,17H,10H2,1H3. The van der Waals surface area contributed by atoms with E-state index in [1.807, 2.05) is 18.2 Å². The van der Waals surface area contributed by atoms with Gasteiger partial charge in [-0.15, -0.1) is 0 Å². The lowest BCUT2D eigenvalue weighted by Crippen LogP contribution is -2.06. The average molecular weight is 283 g/mol. The Hall–Kier alpha value is -2.91. The van der Waals surface area contributed by atoms with E-state index in [2.05, 4.69) is 5.32 Å². The van der Waals surface area contributed by atoms with Crippen molar-refractivity contribution in [1.29, 1.82) is 5.26 Å². The van der Waals surface area contributed by atoms with Crippen molar-refractivity contribution in [2.75, 3.05) is 7.05 Å². The summed E-state index contributed by atoms with van der Waals surface area (Å²) in [5.41, 5.74) is 1.01. The van der Waals surface area contributed by atoms with Crippen LogP contribution in [0.5, 0.6) is 11.5 Å². The molecule has 0 fully saturated rings. The lowest BCUT2D eigenvalue weighted by atomic mass is 10.2. The van der Waals surface area contributed by atoms with E-state index in [0.717, 1.165) is 5.56 Å². The number of nitro groups is 1. The Labute approximate surface area is 121 Å². The molecule has 2 rings (SSSR count). The predicted octanol–water partition coefficient (Wildman–Crippen LogP) is 2.98. The molecule has 0 bridgehead atoms. The van der Waals surface area contributed by atoms with Crippen LogP contribution < -0.4 is 10.1 Å². The highest BCUT2D eigenvalue weighted by molar-refractivity contribution is 5.53. The second-order valence-corrected chi connectivity index (χ2v) is 4.29. The van der Waals surface area contributed by atoms with Crippen LogP contribution in [0.3, 0.4) is 0 Å². The van der Waals surface area contributed by atoms with Crippen molar-refractivity contribution >= 4 is 5.69 Å². The quantitative estimate of drug-likeness (QED) is 0.673. The number of nitrogens with one attached hydrogen (secondary N) is 1. The minimum Gasteiger partial charge on any atom is -0.450 e. The van der Waals surface area contributed by atoms with Crippen LogP contribution in [-0.4, -0.2) is 12.0 Å². The summed E-state index contributed by atoms with van der Waals surface area (Å²) in [4.78, 5) is 10.5. The fraction of sp³-hybridized carbons (Fsp3) is 0.133. The van der Waals surface area contributed by atoms with E-state index >= 15 is 0 Å². The molecular weight excluding hydrogens is 270 g/mol. The monoisotopic (exact) mass is 283 g/mol. The van der Waals surface area contributed by atoms with Crippen LogP contribution in [0.4, 0.5) is 5.69 Å². The smallest absolute Gasteiger partial charge is 0.311 e. The first-order valence-electron chi connectivity index (χ1n) is 6.24. The first-order valence-corrected chi connectivity index (χ1v) is 6.24. The predicted molar refractivity (Wildman–Crippen MR) is 77.1 cm³/mol. The van der Waals surface area contributed by atoms with Gasteiger partial charge in [-0.2, -0.15) is 5.26 Å². The maximum Gasteiger partial charge on any atom is 0.311 e. The van der Waals surface area contributed by atoms with Gasteiger partial charge in [0.2, 0.25) is 5.75 Å². The molecular formula is C15H13N3O3. The third-order valence-electron chi connectivity index (χ3n) is 2.85. The van der Waals surface area contributed by atoms with Crippen molar-refractivity contribution in [1.82, 2.24) is 5.32 Å². The van der Waals surface area contributed by atoms with Gasteiger partial charge in [-0.3, -0.25) is 10.1 Å². The van der Waals surface area contributed by atoms with Crippen molar-refractivity contribution in [3.63, 3.8) is 0 Å². The first kappa shape index (κ1) is 14.5. The van der Waals surface area contributed by atoms with Crippen LogP contribution in [-0.2, 0) is 6.54 Å². The lowest BCUT2D eigenvalue weighted by Gasteiger charge is -2.11. The van der Waals surface area contributed by atoms with Crippen molar-refractivity contribution in [3.8, 4) is 17.6 Å². The van der Waals surface area contributed by atoms with Gasteiger partial charge < -0.3 is 10.1 Å². The first-order chi connectivity index (χ1) is 10.2. The zero-order valence-electron chi connectivity index (χ0n) is 11.4. The Morgan fingerprint density at radius 2 is 2.05 bits per heavy atom. The van der Waals surface area contributed by atoms with Gasteiger partial charge in [0.1, 0.15) is 5.75 Å². The van der Waals surface area contributed by atoms with Gasteiger partial charge in [0, 0.05) is 24.2 Å². The molecule has 21 heavy (non-hydrogen) atoms. The lowest BCUT2D eigenvalue weighted by molar-refractivity contribution is -0.385. The largest absolute Gasteiger partial charge is 0.450 e. The van der Waals surface area contributed by atoms with Crippen molar-refractivity contribution in [2.45, 2.75) is 6.54 Å². The normalized spacial score (nSPS) is 9.90. The molecule has 0 saturated carbocycles. The molecule has 6 nitrogen and oxygen atoms in total. The molecule has 6 heteroatoms. The molecule has 0 atom stereocenters. The van der Waals surface area contributed by atoms with E-state index in [1.54, 1.807) is 19.2 Å². The van der Waals surface area contributed by atoms with Gasteiger partial charge in [-0.05, 0) is 19.2 Å². The van der Waals surface area contributed by atoms with Gasteiger partial charge in [-0.1, -0.05) is 18.2 Å². The third-order valence-corrected chi connectivity index (χ3v) is 2.85. The summed E-state index contributed by atoms with van der Waals surface area (Å²) in [6, 6.07) is 13.2. The summed E-state index contributed by atoms with van der Waals surface area (Å²) in [6.45, 7) is 0.571. The summed E-state index contributed by atoms with van der Waals surface area (Å²) >= 11 is 0. The zero-order valence-corrected chi connectivity index (χ0v) is 11.4. The van der Waals surface area contributed by atoms with Crippen molar-refractivity contribution < 1.29 is 9.66 Å². The maximum absolute atomic E-state index is 11.1. The molecule has 0 spiro atoms. The van der Waals surface area contributed by atoms with Gasteiger partial charge in [0.05, 0.1) is 16.6 Å². The van der Waals surface area contributed by atoms with Crippen molar-refractivity contribution in [2.24, 2.45) is 0 Å². The van der Waals surface area contributed by atoms with Crippen LogP contribution in [0.15, 0.2) is 42.5 Å². The molecule has 2 aromatic rings. The molecule has 0 aliphatic heterocycles. The second-order valence-electron chi connectivity index (χ2n) is 4.29. The SMILES string of the molecule is CNCc1ccccc1Oc1cc(C#N)ccc1[N+](=O)[O-]. The highest BCUT2D eigenvalue weighted by Gasteiger charge is 2.17. The molecule has 106 valence electrons. The summed E-state index contributed by atoms with van der Waals surface area (Å²) in [5.74, 6) is 0.577. The number of nitriles is 1. The maximum atomic E-state index is 11.1. The second kappa shape index (κ2) is 6.50. The average Bonchev–Trinajstić information content (AvgIpc) is 2.49. The van der Waals surface area contributed by atoms with Gasteiger partial charge in [0.25, 0.3) is 0 Å². The number of para-hydroxylation sites is 1. The van der Waals surface area contributed by atoms with E-state index in [-0.39, 0.29) is 11.4 Å². The fourth-order valence-corrected chi connectivity index (χ4v) is 1.87. The number of nitro benzene ring substituents is 1. The molecule has 0 amide bonds. The summed E-state index contributed by atoms with van der Waals surface area (Å²) < 4.78 is 5.66. The van der Waals surface area contributed by atoms with Crippen LogP contribution in [0, 0.1) is 21.4 Å². The Kier molecular flexibility index (Phi) is 4.49. The molecule has 1 N–H and O–H groups in total. The minimum absolute atomic E-state index is 0.0580. The number of hydrogen-bond acceptors (Lipinski definition) is 5. The van der Waals surface area contributed by atoms with Crippen LogP contribution in [0.2, 0.25) is 0 Å². The van der Waals surface area contributed by atoms with E-state index in [4.69, 9.17) is 10.00 Å². The number of benzene rings is 2. The third kappa shape index (κ3) is 3.35. The van der Waals surface area contributed by atoms with E-state index < -0.39 is 4.92 Å². The highest BCUT2D eigenvalue weighted by Crippen LogP contribution is 2.33. The van der Waals surface area contributed by atoms with Crippen LogP contribution >= 0.6 is 0 Å². The summed E-state index contributed by atoms with van der Waals surface area (Å²) in [7, 11) is 1.80. The molecule has 2 aromatic carbocycles. The number of hydrogen-bond donors (Lipinski definition) is 1. The summed E-state index contributed by atoms with van der Waals surface area (Å²) in [5, 5.41) is 23.0. The number of nitrogens with zero attached hydrogens (tertiary/aromatic N) is 2. The van der Waals surface area contributed by atoms with Gasteiger partial charge in [-0.25, -0.2) is 0 Å². The van der Waals surface area contributed by atoms with Gasteiger partial charge in [0.15, 0.2) is 0 Å². The molecule has 0 saturated heterocycles. The summed E-state index contributed by atoms with van der Waals surface area (Å²) in [6.07, 6.45) is 0. The molecule has 0 aliphatic rings. The van der Waals surface area contributed by atoms with E-state index in [1.165, 1.54) is 18.2 Å². The fourth-order valence-electron chi connectivity index (χ4n) is 1.87. The zero-order chi connectivity index (χ0) is 15.2. The highest BCUT2D eigenvalue weighted by atomic mass is 16.6. The van der Waals surface area contributed by atoms with Crippen LogP contribution in [0.1, 0.15) is 11.1 Å². The van der Waals surface area contributed by atoms with E-state index in [9.17, 15) is 10.1 Å². The molecule has 0 radical (unpaired) electrons. The molecule has 0 unspecified atom stereocenters. The Bertz CT molecular complexity index is 708. The molecule has 0 heterocycles. The molecule has 0 aliphatic carbocycles. The van der Waals surface area contributed by atoms with Gasteiger partial charge >= 0.3 is 5.69 Å². The van der Waals surface area contributed by atoms with Crippen LogP contribution in [0.25, 0.3) is 0 Å². The van der Waals surface area contributed by atoms with Crippen molar-refractivity contribution in [3.05, 3.63) is 63.7 Å². The topological polar surface area (TPSA) is 88.2 Å².